The number of benzene rings is 2. The van der Waals surface area contributed by atoms with Crippen molar-refractivity contribution in [3.05, 3.63) is 47.0 Å². The number of carbonyl (C=O) groups is 1. The molecular weight excluding hydrogens is 330 g/mol. The van der Waals surface area contributed by atoms with E-state index >= 15 is 0 Å². The van der Waals surface area contributed by atoms with Gasteiger partial charge in [-0.2, -0.15) is 0 Å². The minimum absolute atomic E-state index is 0.219. The summed E-state index contributed by atoms with van der Waals surface area (Å²) < 4.78 is 17.0. The molecule has 1 N–H and O–H groups in total. The summed E-state index contributed by atoms with van der Waals surface area (Å²) in [6, 6.07) is 9.21. The van der Waals surface area contributed by atoms with Gasteiger partial charge >= 0.3 is 0 Å². The molecule has 5 nitrogen and oxygen atoms in total. The number of carbonyl (C=O) groups excluding carboxylic acids is 1. The Balaban J connectivity index is 2.40. The van der Waals surface area contributed by atoms with Crippen LogP contribution in [0.1, 0.15) is 42.3 Å². The SMILES string of the molecule is CCOc1cc(C(=O)Nc2cccc(C)c2C)cc(OCC)c1OCC. The predicted molar refractivity (Wildman–Crippen MR) is 104 cm³/mol. The summed E-state index contributed by atoms with van der Waals surface area (Å²) in [6.07, 6.45) is 0. The second kappa shape index (κ2) is 9.13. The van der Waals surface area contributed by atoms with Crippen molar-refractivity contribution < 1.29 is 19.0 Å². The van der Waals surface area contributed by atoms with E-state index in [0.29, 0.717) is 42.6 Å². The third-order valence-electron chi connectivity index (χ3n) is 4.02. The summed E-state index contributed by atoms with van der Waals surface area (Å²) in [7, 11) is 0. The Labute approximate surface area is 155 Å². The van der Waals surface area contributed by atoms with E-state index in [1.165, 1.54) is 0 Å². The zero-order valence-electron chi connectivity index (χ0n) is 16.1. The number of ether oxygens (including phenoxy) is 3. The number of amides is 1. The Morgan fingerprint density at radius 2 is 1.50 bits per heavy atom. The maximum absolute atomic E-state index is 12.8. The highest BCUT2D eigenvalue weighted by Gasteiger charge is 2.19. The molecule has 0 aromatic heterocycles. The Hall–Kier alpha value is -2.69. The van der Waals surface area contributed by atoms with Crippen LogP contribution in [0.3, 0.4) is 0 Å². The summed E-state index contributed by atoms with van der Waals surface area (Å²) in [5.41, 5.74) is 3.42. The van der Waals surface area contributed by atoms with E-state index in [-0.39, 0.29) is 5.91 Å². The highest BCUT2D eigenvalue weighted by atomic mass is 16.5. The van der Waals surface area contributed by atoms with Gasteiger partial charge in [0.15, 0.2) is 11.5 Å². The molecule has 0 aliphatic heterocycles. The Bertz CT molecular complexity index is 744. The number of hydrogen-bond donors (Lipinski definition) is 1. The normalized spacial score (nSPS) is 10.3. The maximum atomic E-state index is 12.8. The largest absolute Gasteiger partial charge is 0.490 e. The fourth-order valence-electron chi connectivity index (χ4n) is 2.60. The van der Waals surface area contributed by atoms with E-state index in [4.69, 9.17) is 14.2 Å². The lowest BCUT2D eigenvalue weighted by Crippen LogP contribution is -2.14. The van der Waals surface area contributed by atoms with Gasteiger partial charge in [0.25, 0.3) is 5.91 Å². The Morgan fingerprint density at radius 1 is 0.923 bits per heavy atom. The van der Waals surface area contributed by atoms with Crippen LogP contribution in [0.15, 0.2) is 30.3 Å². The van der Waals surface area contributed by atoms with Gasteiger partial charge in [-0.25, -0.2) is 0 Å². The lowest BCUT2D eigenvalue weighted by molar-refractivity contribution is 0.102. The molecule has 0 aliphatic rings. The van der Waals surface area contributed by atoms with Gasteiger partial charge in [0.05, 0.1) is 19.8 Å². The second-order valence-electron chi connectivity index (χ2n) is 5.80. The van der Waals surface area contributed by atoms with Crippen LogP contribution in [0.25, 0.3) is 0 Å². The van der Waals surface area contributed by atoms with Crippen molar-refractivity contribution in [2.24, 2.45) is 0 Å². The van der Waals surface area contributed by atoms with Crippen molar-refractivity contribution in [3.63, 3.8) is 0 Å². The van der Waals surface area contributed by atoms with Gasteiger partial charge in [0.1, 0.15) is 0 Å². The molecule has 2 aromatic rings. The third kappa shape index (κ3) is 4.48. The molecule has 0 unspecified atom stereocenters. The van der Waals surface area contributed by atoms with Gasteiger partial charge in [-0.3, -0.25) is 4.79 Å². The standard InChI is InChI=1S/C21H27NO4/c1-6-24-18-12-16(13-19(25-7-2)20(18)26-8-3)21(23)22-17-11-9-10-14(4)15(17)5/h9-13H,6-8H2,1-5H3,(H,22,23). The van der Waals surface area contributed by atoms with Gasteiger partial charge < -0.3 is 19.5 Å². The maximum Gasteiger partial charge on any atom is 0.255 e. The summed E-state index contributed by atoms with van der Waals surface area (Å²) in [6.45, 7) is 11.1. The number of anilines is 1. The Kier molecular flexibility index (Phi) is 6.89. The zero-order chi connectivity index (χ0) is 19.1. The van der Waals surface area contributed by atoms with E-state index < -0.39 is 0 Å². The number of rotatable bonds is 8. The van der Waals surface area contributed by atoms with Crippen molar-refractivity contribution in [3.8, 4) is 17.2 Å². The van der Waals surface area contributed by atoms with Crippen LogP contribution < -0.4 is 19.5 Å². The predicted octanol–water partition coefficient (Wildman–Crippen LogP) is 4.75. The number of nitrogens with one attached hydrogen (secondary N) is 1. The lowest BCUT2D eigenvalue weighted by atomic mass is 10.1. The fourth-order valence-corrected chi connectivity index (χ4v) is 2.60. The average molecular weight is 357 g/mol. The smallest absolute Gasteiger partial charge is 0.255 e. The molecule has 0 aliphatic carbocycles. The number of aryl methyl sites for hydroxylation is 1. The number of hydrogen-bond acceptors (Lipinski definition) is 4. The molecule has 1 amide bonds. The molecule has 0 bridgehead atoms. The quantitative estimate of drug-likeness (QED) is 0.740. The van der Waals surface area contributed by atoms with Crippen molar-refractivity contribution in [2.75, 3.05) is 25.1 Å². The van der Waals surface area contributed by atoms with Crippen LogP contribution in [0.4, 0.5) is 5.69 Å². The van der Waals surface area contributed by atoms with Gasteiger partial charge in [-0.05, 0) is 63.9 Å². The van der Waals surface area contributed by atoms with Crippen LogP contribution in [0, 0.1) is 13.8 Å². The first-order valence-corrected chi connectivity index (χ1v) is 8.95. The highest BCUT2D eigenvalue weighted by molar-refractivity contribution is 6.05. The van der Waals surface area contributed by atoms with E-state index in [1.807, 2.05) is 52.8 Å². The Morgan fingerprint density at radius 3 is 2.04 bits per heavy atom. The van der Waals surface area contributed by atoms with Crippen molar-refractivity contribution in [1.29, 1.82) is 0 Å². The van der Waals surface area contributed by atoms with Gasteiger partial charge in [0.2, 0.25) is 5.75 Å². The van der Waals surface area contributed by atoms with Crippen LogP contribution in [0.5, 0.6) is 17.2 Å². The second-order valence-corrected chi connectivity index (χ2v) is 5.80. The first kappa shape index (κ1) is 19.6. The first-order chi connectivity index (χ1) is 12.5. The van der Waals surface area contributed by atoms with Gasteiger partial charge in [-0.1, -0.05) is 12.1 Å². The molecule has 140 valence electrons. The van der Waals surface area contributed by atoms with Crippen molar-refractivity contribution >= 4 is 11.6 Å². The summed E-state index contributed by atoms with van der Waals surface area (Å²) in [5, 5.41) is 2.97. The van der Waals surface area contributed by atoms with Crippen molar-refractivity contribution in [1.82, 2.24) is 0 Å². The topological polar surface area (TPSA) is 56.8 Å². The van der Waals surface area contributed by atoms with Crippen LogP contribution in [0.2, 0.25) is 0 Å². The zero-order valence-corrected chi connectivity index (χ0v) is 16.1. The van der Waals surface area contributed by atoms with E-state index in [2.05, 4.69) is 5.32 Å². The molecule has 0 spiro atoms. The first-order valence-electron chi connectivity index (χ1n) is 8.95. The van der Waals surface area contributed by atoms with Gasteiger partial charge in [0, 0.05) is 11.3 Å². The van der Waals surface area contributed by atoms with Gasteiger partial charge in [-0.15, -0.1) is 0 Å². The molecule has 26 heavy (non-hydrogen) atoms. The highest BCUT2D eigenvalue weighted by Crippen LogP contribution is 2.39. The molecule has 0 heterocycles. The monoisotopic (exact) mass is 357 g/mol. The average Bonchev–Trinajstić information content (AvgIpc) is 2.61. The molecular formula is C21H27NO4. The third-order valence-corrected chi connectivity index (χ3v) is 4.02. The molecule has 0 atom stereocenters. The van der Waals surface area contributed by atoms with E-state index in [9.17, 15) is 4.79 Å². The minimum atomic E-state index is -0.219. The minimum Gasteiger partial charge on any atom is -0.490 e. The molecule has 0 saturated heterocycles. The summed E-state index contributed by atoms with van der Waals surface area (Å²) in [5.74, 6) is 1.32. The van der Waals surface area contributed by atoms with E-state index in [0.717, 1.165) is 16.8 Å². The van der Waals surface area contributed by atoms with Crippen molar-refractivity contribution in [2.45, 2.75) is 34.6 Å². The molecule has 5 heteroatoms. The summed E-state index contributed by atoms with van der Waals surface area (Å²) >= 11 is 0. The van der Waals surface area contributed by atoms with E-state index in [1.54, 1.807) is 12.1 Å². The molecule has 0 radical (unpaired) electrons. The van der Waals surface area contributed by atoms with Crippen LogP contribution in [-0.2, 0) is 0 Å². The summed E-state index contributed by atoms with van der Waals surface area (Å²) in [4.78, 5) is 12.8. The van der Waals surface area contributed by atoms with Crippen LogP contribution >= 0.6 is 0 Å². The fraction of sp³-hybridized carbons (Fsp3) is 0.381. The lowest BCUT2D eigenvalue weighted by Gasteiger charge is -2.17. The molecule has 0 saturated carbocycles. The van der Waals surface area contributed by atoms with Crippen LogP contribution in [-0.4, -0.2) is 25.7 Å². The molecule has 0 fully saturated rings. The molecule has 2 aromatic carbocycles. The molecule has 2 rings (SSSR count).